The van der Waals surface area contributed by atoms with Crippen molar-refractivity contribution in [3.05, 3.63) is 95.0 Å². The molecule has 0 bridgehead atoms. The molecule has 8 heteroatoms. The summed E-state index contributed by atoms with van der Waals surface area (Å²) in [6.45, 7) is 2.77. The molecule has 3 aromatic rings. The molecule has 1 amide bonds. The van der Waals surface area contributed by atoms with Crippen LogP contribution in [0.3, 0.4) is 0 Å². The molecule has 0 radical (unpaired) electrons. The van der Waals surface area contributed by atoms with Gasteiger partial charge in [-0.25, -0.2) is 8.42 Å². The van der Waals surface area contributed by atoms with Crippen molar-refractivity contribution < 1.29 is 13.2 Å². The van der Waals surface area contributed by atoms with Crippen molar-refractivity contribution in [2.45, 2.75) is 11.4 Å². The third-order valence-electron chi connectivity index (χ3n) is 5.43. The fraction of sp³-hybridized carbons (Fsp3) is 0.208. The van der Waals surface area contributed by atoms with E-state index in [1.54, 1.807) is 48.5 Å². The minimum absolute atomic E-state index is 0.223. The van der Waals surface area contributed by atoms with Crippen LogP contribution in [-0.4, -0.2) is 49.7 Å². The molecule has 3 aromatic carbocycles. The highest BCUT2D eigenvalue weighted by Crippen LogP contribution is 2.22. The predicted octanol–water partition coefficient (Wildman–Crippen LogP) is 4.10. The van der Waals surface area contributed by atoms with Crippen molar-refractivity contribution in [2.24, 2.45) is 0 Å². The highest BCUT2D eigenvalue weighted by Gasteiger charge is 2.28. The zero-order valence-corrected chi connectivity index (χ0v) is 19.0. The molecular weight excluding hydrogens is 446 g/mol. The monoisotopic (exact) mass is 469 g/mol. The summed E-state index contributed by atoms with van der Waals surface area (Å²) in [5.41, 5.74) is 2.12. The van der Waals surface area contributed by atoms with Crippen LogP contribution in [0.25, 0.3) is 0 Å². The lowest BCUT2D eigenvalue weighted by Crippen LogP contribution is -2.48. The van der Waals surface area contributed by atoms with E-state index in [4.69, 9.17) is 11.6 Å². The molecule has 32 heavy (non-hydrogen) atoms. The van der Waals surface area contributed by atoms with Crippen LogP contribution in [0.4, 0.5) is 5.69 Å². The van der Waals surface area contributed by atoms with Crippen LogP contribution in [0, 0.1) is 0 Å². The minimum atomic E-state index is -3.47. The maximum absolute atomic E-state index is 12.8. The third kappa shape index (κ3) is 5.19. The molecule has 1 aliphatic heterocycles. The van der Waals surface area contributed by atoms with Crippen molar-refractivity contribution in [3.8, 4) is 0 Å². The van der Waals surface area contributed by atoms with Gasteiger partial charge in [0.25, 0.3) is 5.91 Å². The van der Waals surface area contributed by atoms with Crippen LogP contribution in [0.1, 0.15) is 15.9 Å². The second kappa shape index (κ2) is 9.83. The quantitative estimate of drug-likeness (QED) is 0.590. The van der Waals surface area contributed by atoms with E-state index in [1.165, 1.54) is 4.31 Å². The van der Waals surface area contributed by atoms with Gasteiger partial charge in [0.15, 0.2) is 0 Å². The lowest BCUT2D eigenvalue weighted by molar-refractivity contribution is 0.102. The van der Waals surface area contributed by atoms with Crippen LogP contribution in [0.2, 0.25) is 5.02 Å². The lowest BCUT2D eigenvalue weighted by atomic mass is 10.1. The van der Waals surface area contributed by atoms with Crippen LogP contribution in [0.15, 0.2) is 83.8 Å². The van der Waals surface area contributed by atoms with Gasteiger partial charge in [0.05, 0.1) is 15.6 Å². The van der Waals surface area contributed by atoms with E-state index < -0.39 is 10.0 Å². The summed E-state index contributed by atoms with van der Waals surface area (Å²) in [5.74, 6) is -0.223. The van der Waals surface area contributed by atoms with E-state index in [0.717, 1.165) is 5.56 Å². The van der Waals surface area contributed by atoms with Crippen molar-refractivity contribution in [1.82, 2.24) is 9.21 Å². The number of hydrogen-bond acceptors (Lipinski definition) is 4. The number of carbonyl (C=O) groups excluding carboxylic acids is 1. The molecule has 0 atom stereocenters. The van der Waals surface area contributed by atoms with Crippen LogP contribution < -0.4 is 5.32 Å². The van der Waals surface area contributed by atoms with E-state index in [2.05, 4.69) is 10.2 Å². The summed E-state index contributed by atoms with van der Waals surface area (Å²) < 4.78 is 27.1. The molecule has 1 fully saturated rings. The fourth-order valence-electron chi connectivity index (χ4n) is 3.70. The van der Waals surface area contributed by atoms with E-state index in [9.17, 15) is 13.2 Å². The van der Waals surface area contributed by atoms with Gasteiger partial charge in [-0.15, -0.1) is 0 Å². The van der Waals surface area contributed by atoms with E-state index in [-0.39, 0.29) is 5.91 Å². The first kappa shape index (κ1) is 22.5. The Morgan fingerprint density at radius 2 is 1.56 bits per heavy atom. The summed E-state index contributed by atoms with van der Waals surface area (Å²) in [4.78, 5) is 15.2. The molecule has 0 aromatic heterocycles. The number of rotatable bonds is 6. The van der Waals surface area contributed by atoms with Crippen molar-refractivity contribution >= 4 is 33.2 Å². The lowest BCUT2D eigenvalue weighted by Gasteiger charge is -2.34. The molecule has 6 nitrogen and oxygen atoms in total. The number of benzene rings is 3. The summed E-state index contributed by atoms with van der Waals surface area (Å²) in [6, 6.07) is 23.1. The summed E-state index contributed by atoms with van der Waals surface area (Å²) in [7, 11) is -3.47. The maximum Gasteiger partial charge on any atom is 0.255 e. The summed E-state index contributed by atoms with van der Waals surface area (Å²) >= 11 is 6.13. The molecule has 1 saturated heterocycles. The van der Waals surface area contributed by atoms with Crippen molar-refractivity contribution in [3.63, 3.8) is 0 Å². The van der Waals surface area contributed by atoms with Gasteiger partial charge in [0, 0.05) is 38.3 Å². The Labute approximate surface area is 193 Å². The van der Waals surface area contributed by atoms with E-state index in [0.29, 0.717) is 53.9 Å². The Kier molecular flexibility index (Phi) is 6.91. The Hall–Kier alpha value is -2.71. The first-order valence-corrected chi connectivity index (χ1v) is 12.2. The molecule has 1 aliphatic rings. The Morgan fingerprint density at radius 1 is 0.875 bits per heavy atom. The number of hydrogen-bond donors (Lipinski definition) is 1. The normalized spacial score (nSPS) is 15.4. The highest BCUT2D eigenvalue weighted by molar-refractivity contribution is 7.89. The average Bonchev–Trinajstić information content (AvgIpc) is 2.82. The summed E-state index contributed by atoms with van der Waals surface area (Å²) in [6.07, 6.45) is 0. The Bertz CT molecular complexity index is 1190. The van der Waals surface area contributed by atoms with Crippen LogP contribution in [0.5, 0.6) is 0 Å². The van der Waals surface area contributed by atoms with Gasteiger partial charge in [0.2, 0.25) is 10.0 Å². The fourth-order valence-corrected chi connectivity index (χ4v) is 5.32. The number of para-hydroxylation sites is 1. The van der Waals surface area contributed by atoms with Gasteiger partial charge in [-0.1, -0.05) is 54.1 Å². The van der Waals surface area contributed by atoms with Gasteiger partial charge in [-0.2, -0.15) is 4.31 Å². The van der Waals surface area contributed by atoms with E-state index in [1.807, 2.05) is 30.3 Å². The molecule has 4 rings (SSSR count). The van der Waals surface area contributed by atoms with Crippen molar-refractivity contribution in [1.29, 1.82) is 0 Å². The number of halogens is 1. The molecule has 1 heterocycles. The van der Waals surface area contributed by atoms with Gasteiger partial charge in [-0.05, 0) is 42.0 Å². The highest BCUT2D eigenvalue weighted by atomic mass is 35.5. The number of nitrogens with zero attached hydrogens (tertiary/aromatic N) is 2. The molecule has 0 unspecified atom stereocenters. The summed E-state index contributed by atoms with van der Waals surface area (Å²) in [5, 5.41) is 3.32. The molecule has 0 saturated carbocycles. The zero-order chi connectivity index (χ0) is 22.6. The average molecular weight is 470 g/mol. The zero-order valence-electron chi connectivity index (χ0n) is 17.4. The number of nitrogens with one attached hydrogen (secondary N) is 1. The van der Waals surface area contributed by atoms with Gasteiger partial charge in [-0.3, -0.25) is 9.69 Å². The van der Waals surface area contributed by atoms with Crippen LogP contribution >= 0.6 is 11.6 Å². The molecular formula is C24H24ClN3O3S. The Morgan fingerprint density at radius 3 is 2.28 bits per heavy atom. The molecule has 0 spiro atoms. The predicted molar refractivity (Wildman–Crippen MR) is 126 cm³/mol. The first-order valence-electron chi connectivity index (χ1n) is 10.4. The topological polar surface area (TPSA) is 69.7 Å². The number of carbonyl (C=O) groups is 1. The number of anilines is 1. The van der Waals surface area contributed by atoms with Gasteiger partial charge >= 0.3 is 0 Å². The van der Waals surface area contributed by atoms with Crippen molar-refractivity contribution in [2.75, 3.05) is 31.5 Å². The molecule has 1 N–H and O–H groups in total. The molecule has 0 aliphatic carbocycles. The first-order chi connectivity index (χ1) is 15.4. The smallest absolute Gasteiger partial charge is 0.255 e. The second-order valence-electron chi connectivity index (χ2n) is 7.63. The maximum atomic E-state index is 12.8. The number of sulfonamides is 1. The Balaban J connectivity index is 1.37. The largest absolute Gasteiger partial charge is 0.321 e. The number of amides is 1. The third-order valence-corrected chi connectivity index (χ3v) is 7.67. The number of piperazine rings is 1. The SMILES string of the molecule is O=C(Nc1ccccc1Cl)c1cccc(CN2CCN(S(=O)(=O)c3ccccc3)CC2)c1. The van der Waals surface area contributed by atoms with Crippen LogP contribution in [-0.2, 0) is 16.6 Å². The molecule has 166 valence electrons. The van der Waals surface area contributed by atoms with Gasteiger partial charge in [0.1, 0.15) is 0 Å². The minimum Gasteiger partial charge on any atom is -0.321 e. The second-order valence-corrected chi connectivity index (χ2v) is 9.97. The van der Waals surface area contributed by atoms with E-state index >= 15 is 0 Å². The standard InChI is InChI=1S/C24H24ClN3O3S/c25-22-11-4-5-12-23(22)26-24(29)20-8-6-7-19(17-20)18-27-13-15-28(16-14-27)32(30,31)21-9-2-1-3-10-21/h1-12,17H,13-16,18H2,(H,26,29). The van der Waals surface area contributed by atoms with Gasteiger partial charge < -0.3 is 5.32 Å².